The fraction of sp³-hybridized carbons (Fsp3) is 0.407. The Morgan fingerprint density at radius 2 is 1.73 bits per heavy atom. The Bertz CT molecular complexity index is 1400. The molecule has 216 valence electrons. The third kappa shape index (κ3) is 5.86. The summed E-state index contributed by atoms with van der Waals surface area (Å²) in [7, 11) is -2.32. The van der Waals surface area contributed by atoms with Gasteiger partial charge in [0.2, 0.25) is 10.0 Å². The summed E-state index contributed by atoms with van der Waals surface area (Å²) in [6.07, 6.45) is -4.72. The third-order valence-electron chi connectivity index (χ3n) is 7.02. The van der Waals surface area contributed by atoms with Crippen LogP contribution in [0.4, 0.5) is 18.0 Å². The molecule has 2 aliphatic heterocycles. The van der Waals surface area contributed by atoms with E-state index < -0.39 is 45.8 Å². The lowest BCUT2D eigenvalue weighted by Gasteiger charge is -2.41. The smallest absolute Gasteiger partial charge is 0.416 e. The van der Waals surface area contributed by atoms with Crippen LogP contribution >= 0.6 is 0 Å². The van der Waals surface area contributed by atoms with Crippen LogP contribution in [0.15, 0.2) is 70.8 Å². The molecule has 0 spiro atoms. The molecule has 0 aromatic heterocycles. The van der Waals surface area contributed by atoms with Gasteiger partial charge >= 0.3 is 18.2 Å². The standard InChI is InChI=1S/C27H31F3N4O5S/c1-4-39-25(35)23-22(32(3)26(36)31-24(23)20-12-8-9-13-21(20)27(28,29)30)17-33-14-15-34(18(2)16-33)40(37,38)19-10-6-5-7-11-19/h5-13,18,24H,4,14-17H2,1-3H3,(H,31,36)/t18-,24+/m1/s1. The SMILES string of the molecule is CCOC(=O)C1=C(CN2CCN(S(=O)(=O)c3ccccc3)[C@H](C)C2)N(C)C(=O)N[C@H]1c1ccccc1C(F)(F)F. The second-order valence-corrected chi connectivity index (χ2v) is 11.5. The van der Waals surface area contributed by atoms with Gasteiger partial charge in [-0.3, -0.25) is 9.80 Å². The number of carbonyl (C=O) groups excluding carboxylic acids is 2. The van der Waals surface area contributed by atoms with E-state index in [-0.39, 0.29) is 54.5 Å². The molecular formula is C27H31F3N4O5S. The lowest BCUT2D eigenvalue weighted by Crippen LogP contribution is -2.56. The highest BCUT2D eigenvalue weighted by molar-refractivity contribution is 7.89. The van der Waals surface area contributed by atoms with E-state index in [4.69, 9.17) is 4.74 Å². The molecule has 1 N–H and O–H groups in total. The number of likely N-dealkylation sites (N-methyl/N-ethyl adjacent to an activating group) is 1. The van der Waals surface area contributed by atoms with Crippen LogP contribution in [0.25, 0.3) is 0 Å². The van der Waals surface area contributed by atoms with Gasteiger partial charge in [-0.25, -0.2) is 18.0 Å². The van der Waals surface area contributed by atoms with Gasteiger partial charge in [0.05, 0.1) is 28.7 Å². The first-order valence-electron chi connectivity index (χ1n) is 12.8. The van der Waals surface area contributed by atoms with Gasteiger partial charge in [0.25, 0.3) is 0 Å². The number of sulfonamides is 1. The first-order chi connectivity index (χ1) is 18.9. The van der Waals surface area contributed by atoms with Gasteiger partial charge in [-0.2, -0.15) is 17.5 Å². The number of nitrogens with zero attached hydrogens (tertiary/aromatic N) is 3. The molecule has 0 bridgehead atoms. The average molecular weight is 581 g/mol. The summed E-state index contributed by atoms with van der Waals surface area (Å²) in [5.41, 5.74) is -1.16. The minimum atomic E-state index is -4.72. The predicted molar refractivity (Wildman–Crippen MR) is 140 cm³/mol. The first kappa shape index (κ1) is 29.6. The van der Waals surface area contributed by atoms with Crippen molar-refractivity contribution in [3.63, 3.8) is 0 Å². The van der Waals surface area contributed by atoms with Crippen molar-refractivity contribution in [2.24, 2.45) is 0 Å². The monoisotopic (exact) mass is 580 g/mol. The molecule has 13 heteroatoms. The number of piperazine rings is 1. The highest BCUT2D eigenvalue weighted by Gasteiger charge is 2.43. The molecule has 4 rings (SSSR count). The van der Waals surface area contributed by atoms with Gasteiger partial charge in [0.15, 0.2) is 0 Å². The molecule has 2 heterocycles. The quantitative estimate of drug-likeness (QED) is 0.503. The van der Waals surface area contributed by atoms with Crippen LogP contribution in [0, 0.1) is 0 Å². The van der Waals surface area contributed by atoms with Gasteiger partial charge in [-0.15, -0.1) is 0 Å². The maximum Gasteiger partial charge on any atom is 0.416 e. The highest BCUT2D eigenvalue weighted by atomic mass is 32.2. The molecule has 40 heavy (non-hydrogen) atoms. The van der Waals surface area contributed by atoms with E-state index in [1.54, 1.807) is 32.0 Å². The second kappa shape index (κ2) is 11.6. The number of alkyl halides is 3. The van der Waals surface area contributed by atoms with Crippen molar-refractivity contribution in [3.05, 3.63) is 77.0 Å². The Morgan fingerprint density at radius 3 is 2.35 bits per heavy atom. The summed E-state index contributed by atoms with van der Waals surface area (Å²) in [5, 5.41) is 2.53. The highest BCUT2D eigenvalue weighted by Crippen LogP contribution is 2.39. The summed E-state index contributed by atoms with van der Waals surface area (Å²) in [4.78, 5) is 29.4. The molecule has 1 saturated heterocycles. The van der Waals surface area contributed by atoms with Crippen molar-refractivity contribution in [1.29, 1.82) is 0 Å². The largest absolute Gasteiger partial charge is 0.463 e. The van der Waals surface area contributed by atoms with E-state index in [1.807, 2.05) is 4.90 Å². The van der Waals surface area contributed by atoms with Gasteiger partial charge in [-0.1, -0.05) is 36.4 Å². The molecule has 0 radical (unpaired) electrons. The molecule has 0 aliphatic carbocycles. The third-order valence-corrected chi connectivity index (χ3v) is 9.05. The van der Waals surface area contributed by atoms with E-state index in [0.29, 0.717) is 0 Å². The molecule has 2 amide bonds. The molecule has 0 unspecified atom stereocenters. The van der Waals surface area contributed by atoms with E-state index in [0.717, 1.165) is 6.07 Å². The summed E-state index contributed by atoms with van der Waals surface area (Å²) < 4.78 is 74.7. The van der Waals surface area contributed by atoms with E-state index in [9.17, 15) is 31.2 Å². The zero-order valence-electron chi connectivity index (χ0n) is 22.3. The zero-order chi connectivity index (χ0) is 29.2. The minimum Gasteiger partial charge on any atom is -0.463 e. The van der Waals surface area contributed by atoms with E-state index >= 15 is 0 Å². The normalized spacial score (nSPS) is 21.4. The van der Waals surface area contributed by atoms with Crippen LogP contribution in [0.3, 0.4) is 0 Å². The van der Waals surface area contributed by atoms with Crippen LogP contribution in [-0.4, -0.2) is 80.4 Å². The number of amides is 2. The van der Waals surface area contributed by atoms with Crippen LogP contribution < -0.4 is 5.32 Å². The van der Waals surface area contributed by atoms with Crippen LogP contribution in [0.2, 0.25) is 0 Å². The van der Waals surface area contributed by atoms with Crippen molar-refractivity contribution in [2.75, 3.05) is 39.8 Å². The number of benzene rings is 2. The Balaban J connectivity index is 1.69. The Labute approximate surface area is 231 Å². The minimum absolute atomic E-state index is 0.0199. The molecular weight excluding hydrogens is 549 g/mol. The Morgan fingerprint density at radius 1 is 1.07 bits per heavy atom. The fourth-order valence-corrected chi connectivity index (χ4v) is 6.73. The molecule has 2 aromatic carbocycles. The number of carbonyl (C=O) groups is 2. The maximum absolute atomic E-state index is 13.9. The van der Waals surface area contributed by atoms with E-state index in [1.165, 1.54) is 46.6 Å². The van der Waals surface area contributed by atoms with Crippen molar-refractivity contribution in [1.82, 2.24) is 19.4 Å². The molecule has 0 saturated carbocycles. The van der Waals surface area contributed by atoms with Crippen molar-refractivity contribution in [3.8, 4) is 0 Å². The van der Waals surface area contributed by atoms with Gasteiger partial charge < -0.3 is 10.1 Å². The number of hydrogen-bond acceptors (Lipinski definition) is 6. The summed E-state index contributed by atoms with van der Waals surface area (Å²) >= 11 is 0. The number of ether oxygens (including phenoxy) is 1. The van der Waals surface area contributed by atoms with Crippen LogP contribution in [-0.2, 0) is 25.7 Å². The number of hydrogen-bond donors (Lipinski definition) is 1. The number of rotatable bonds is 7. The van der Waals surface area contributed by atoms with Gasteiger partial charge in [0, 0.05) is 45.0 Å². The van der Waals surface area contributed by atoms with Gasteiger partial charge in [-0.05, 0) is 37.6 Å². The van der Waals surface area contributed by atoms with Crippen molar-refractivity contribution < 1.29 is 35.9 Å². The number of urea groups is 1. The summed E-state index contributed by atoms with van der Waals surface area (Å²) in [6.45, 7) is 4.03. The van der Waals surface area contributed by atoms with Crippen LogP contribution in [0.5, 0.6) is 0 Å². The predicted octanol–water partition coefficient (Wildman–Crippen LogP) is 3.61. The molecule has 1 fully saturated rings. The lowest BCUT2D eigenvalue weighted by molar-refractivity contribution is -0.141. The number of halogens is 3. The Hall–Kier alpha value is -3.42. The summed E-state index contributed by atoms with van der Waals surface area (Å²) in [5.74, 6) is -0.843. The molecule has 9 nitrogen and oxygen atoms in total. The topological polar surface area (TPSA) is 99.3 Å². The van der Waals surface area contributed by atoms with Gasteiger partial charge in [0.1, 0.15) is 0 Å². The number of nitrogens with one attached hydrogen (secondary N) is 1. The van der Waals surface area contributed by atoms with E-state index in [2.05, 4.69) is 5.32 Å². The molecule has 2 aliphatic rings. The summed E-state index contributed by atoms with van der Waals surface area (Å²) in [6, 6.07) is 10.3. The zero-order valence-corrected chi connectivity index (χ0v) is 23.1. The van der Waals surface area contributed by atoms with Crippen LogP contribution in [0.1, 0.15) is 31.0 Å². The lowest BCUT2D eigenvalue weighted by atomic mass is 9.90. The fourth-order valence-electron chi connectivity index (χ4n) is 5.09. The molecule has 2 atom stereocenters. The Kier molecular flexibility index (Phi) is 8.57. The molecule has 2 aromatic rings. The average Bonchev–Trinajstić information content (AvgIpc) is 2.91. The number of esters is 1. The second-order valence-electron chi connectivity index (χ2n) is 9.62. The van der Waals surface area contributed by atoms with Crippen molar-refractivity contribution >= 4 is 22.0 Å². The maximum atomic E-state index is 13.9. The van der Waals surface area contributed by atoms with Crippen molar-refractivity contribution in [2.45, 2.75) is 37.0 Å². The first-order valence-corrected chi connectivity index (χ1v) is 14.2.